The largest absolute Gasteiger partial charge is 0.497 e. The summed E-state index contributed by atoms with van der Waals surface area (Å²) in [5, 5.41) is 11.4. The molecule has 1 heterocycles. The Kier molecular flexibility index (Phi) is 5.79. The number of rotatable bonds is 4. The lowest BCUT2D eigenvalue weighted by Gasteiger charge is -2.53. The van der Waals surface area contributed by atoms with Crippen LogP contribution in [0.3, 0.4) is 0 Å². The highest BCUT2D eigenvalue weighted by atomic mass is 16.6. The van der Waals surface area contributed by atoms with Crippen molar-refractivity contribution in [3.8, 4) is 11.5 Å². The van der Waals surface area contributed by atoms with E-state index in [0.717, 1.165) is 53.9 Å². The Morgan fingerprint density at radius 1 is 0.970 bits per heavy atom. The first-order valence-electron chi connectivity index (χ1n) is 11.9. The average molecular weight is 449 g/mol. The maximum atomic E-state index is 14.0. The number of fused-ring (bicyclic) bond motifs is 1. The Labute approximate surface area is 195 Å². The molecule has 1 saturated heterocycles. The van der Waals surface area contributed by atoms with E-state index in [-0.39, 0.29) is 11.7 Å². The fourth-order valence-corrected chi connectivity index (χ4v) is 6.03. The average Bonchev–Trinajstić information content (AvgIpc) is 3.15. The van der Waals surface area contributed by atoms with Gasteiger partial charge in [-0.05, 0) is 79.1 Å². The van der Waals surface area contributed by atoms with Crippen LogP contribution in [-0.4, -0.2) is 30.9 Å². The van der Waals surface area contributed by atoms with Gasteiger partial charge < -0.3 is 19.3 Å². The van der Waals surface area contributed by atoms with Gasteiger partial charge in [0.15, 0.2) is 11.6 Å². The van der Waals surface area contributed by atoms with Gasteiger partial charge in [0, 0.05) is 12.3 Å². The van der Waals surface area contributed by atoms with Crippen molar-refractivity contribution >= 4 is 11.9 Å². The van der Waals surface area contributed by atoms with Crippen molar-refractivity contribution < 1.29 is 24.1 Å². The predicted molar refractivity (Wildman–Crippen MR) is 126 cm³/mol. The number of aliphatic hydroxyl groups is 1. The molecule has 3 fully saturated rings. The third-order valence-electron chi connectivity index (χ3n) is 7.87. The molecule has 0 bridgehead atoms. The van der Waals surface area contributed by atoms with Crippen LogP contribution in [-0.2, 0) is 9.53 Å². The molecule has 1 spiro atoms. The van der Waals surface area contributed by atoms with Crippen molar-refractivity contribution in [2.75, 3.05) is 14.2 Å². The number of allylic oxidation sites excluding steroid dienone is 1. The van der Waals surface area contributed by atoms with Gasteiger partial charge in [-0.25, -0.2) is 0 Å². The van der Waals surface area contributed by atoms with E-state index < -0.39 is 17.3 Å². The highest BCUT2D eigenvalue weighted by Gasteiger charge is 2.61. The van der Waals surface area contributed by atoms with Crippen molar-refractivity contribution in [1.29, 1.82) is 0 Å². The van der Waals surface area contributed by atoms with Gasteiger partial charge in [-0.3, -0.25) is 4.79 Å². The molecule has 0 amide bonds. The fourth-order valence-electron chi connectivity index (χ4n) is 6.03. The molecule has 4 atom stereocenters. The number of methoxy groups -OCH3 is 2. The first-order valence-corrected chi connectivity index (χ1v) is 11.9. The van der Waals surface area contributed by atoms with Crippen molar-refractivity contribution in [1.82, 2.24) is 0 Å². The van der Waals surface area contributed by atoms with E-state index in [1.807, 2.05) is 54.6 Å². The van der Waals surface area contributed by atoms with Crippen LogP contribution in [0.15, 0.2) is 54.1 Å². The number of hydrogen-bond donors (Lipinski definition) is 1. The molecule has 1 aliphatic heterocycles. The van der Waals surface area contributed by atoms with E-state index in [2.05, 4.69) is 0 Å². The summed E-state index contributed by atoms with van der Waals surface area (Å²) in [6.07, 6.45) is 7.19. The van der Waals surface area contributed by atoms with E-state index in [1.165, 1.54) is 0 Å². The molecule has 3 aliphatic rings. The van der Waals surface area contributed by atoms with Crippen LogP contribution in [0.1, 0.15) is 62.2 Å². The Bertz CT molecular complexity index is 1040. The molecule has 5 nitrogen and oxygen atoms in total. The van der Waals surface area contributed by atoms with Gasteiger partial charge in [0.1, 0.15) is 11.5 Å². The highest BCUT2D eigenvalue weighted by molar-refractivity contribution is 6.06. The molecule has 2 aromatic rings. The van der Waals surface area contributed by atoms with Gasteiger partial charge in [-0.15, -0.1) is 0 Å². The Morgan fingerprint density at radius 2 is 1.64 bits per heavy atom. The second-order valence-electron chi connectivity index (χ2n) is 9.69. The number of hydrogen-bond acceptors (Lipinski definition) is 5. The molecular weight excluding hydrogens is 416 g/mol. The van der Waals surface area contributed by atoms with Crippen LogP contribution in [0.2, 0.25) is 0 Å². The standard InChI is InChI=1S/C28H32O5/c1-31-23-10-6-19(7-11-23)17-21-14-16-27(25(21)29)18-22-5-3-4-15-28(22,30)33-26(27)20-8-12-24(32-2)13-9-20/h6-13,17,22,26,30H,3-5,14-16,18H2,1-2H3/b21-17+/t22?,26?,27-,28?/m0/s1. The SMILES string of the molecule is COc1ccc(/C=C2\CC[C@]3(CC4CCCCC4(O)OC3c3ccc(OC)cc3)C2=O)cc1. The lowest BCUT2D eigenvalue weighted by molar-refractivity contribution is -0.323. The molecular formula is C28H32O5. The Hall–Kier alpha value is -2.63. The molecule has 0 radical (unpaired) electrons. The minimum absolute atomic E-state index is 0.00923. The predicted octanol–water partition coefficient (Wildman–Crippen LogP) is 5.48. The van der Waals surface area contributed by atoms with Crippen molar-refractivity contribution in [2.24, 2.45) is 11.3 Å². The third kappa shape index (κ3) is 3.87. The van der Waals surface area contributed by atoms with E-state index >= 15 is 0 Å². The maximum Gasteiger partial charge on any atom is 0.169 e. The number of Topliss-reactive ketones (excluding diaryl/α,β-unsaturated/α-hetero) is 1. The van der Waals surface area contributed by atoms with Gasteiger partial charge in [0.25, 0.3) is 0 Å². The molecule has 1 N–H and O–H groups in total. The zero-order valence-electron chi connectivity index (χ0n) is 19.4. The highest BCUT2D eigenvalue weighted by Crippen LogP contribution is 2.61. The lowest BCUT2D eigenvalue weighted by Crippen LogP contribution is -2.55. The summed E-state index contributed by atoms with van der Waals surface area (Å²) in [6, 6.07) is 15.5. The quantitative estimate of drug-likeness (QED) is 0.628. The summed E-state index contributed by atoms with van der Waals surface area (Å²) in [6.45, 7) is 0. The summed E-state index contributed by atoms with van der Waals surface area (Å²) in [4.78, 5) is 14.0. The third-order valence-corrected chi connectivity index (χ3v) is 7.87. The zero-order valence-corrected chi connectivity index (χ0v) is 19.4. The first-order chi connectivity index (χ1) is 16.0. The first kappa shape index (κ1) is 22.2. The van der Waals surface area contributed by atoms with Gasteiger partial charge in [0.05, 0.1) is 25.7 Å². The van der Waals surface area contributed by atoms with Gasteiger partial charge >= 0.3 is 0 Å². The van der Waals surface area contributed by atoms with Gasteiger partial charge in [0.2, 0.25) is 0 Å². The number of benzene rings is 2. The summed E-state index contributed by atoms with van der Waals surface area (Å²) < 4.78 is 17.1. The summed E-state index contributed by atoms with van der Waals surface area (Å²) in [7, 11) is 3.28. The maximum absolute atomic E-state index is 14.0. The van der Waals surface area contributed by atoms with Crippen molar-refractivity contribution in [3.05, 3.63) is 65.2 Å². The zero-order chi connectivity index (χ0) is 23.1. The van der Waals surface area contributed by atoms with Crippen LogP contribution >= 0.6 is 0 Å². The summed E-state index contributed by atoms with van der Waals surface area (Å²) >= 11 is 0. The van der Waals surface area contributed by atoms with Crippen LogP contribution in [0.4, 0.5) is 0 Å². The minimum atomic E-state index is -1.16. The smallest absolute Gasteiger partial charge is 0.169 e. The number of carbonyl (C=O) groups is 1. The van der Waals surface area contributed by atoms with E-state index in [0.29, 0.717) is 19.3 Å². The van der Waals surface area contributed by atoms with E-state index in [4.69, 9.17) is 14.2 Å². The van der Waals surface area contributed by atoms with Crippen LogP contribution in [0.25, 0.3) is 6.08 Å². The van der Waals surface area contributed by atoms with Crippen LogP contribution in [0.5, 0.6) is 11.5 Å². The lowest BCUT2D eigenvalue weighted by atomic mass is 9.63. The summed E-state index contributed by atoms with van der Waals surface area (Å²) in [5.41, 5.74) is 2.10. The monoisotopic (exact) mass is 448 g/mol. The summed E-state index contributed by atoms with van der Waals surface area (Å²) in [5.74, 6) is 0.548. The van der Waals surface area contributed by atoms with Crippen molar-refractivity contribution in [3.63, 3.8) is 0 Å². The molecule has 2 aromatic carbocycles. The molecule has 5 rings (SSSR count). The number of ketones is 1. The Morgan fingerprint density at radius 3 is 2.30 bits per heavy atom. The van der Waals surface area contributed by atoms with E-state index in [9.17, 15) is 9.90 Å². The number of ether oxygens (including phenoxy) is 3. The molecule has 33 heavy (non-hydrogen) atoms. The second-order valence-corrected chi connectivity index (χ2v) is 9.69. The van der Waals surface area contributed by atoms with Gasteiger partial charge in [-0.2, -0.15) is 0 Å². The van der Waals surface area contributed by atoms with Crippen LogP contribution < -0.4 is 9.47 Å². The minimum Gasteiger partial charge on any atom is -0.497 e. The molecule has 5 heteroatoms. The molecule has 0 aromatic heterocycles. The molecule has 3 unspecified atom stereocenters. The van der Waals surface area contributed by atoms with Crippen LogP contribution in [0, 0.1) is 11.3 Å². The second kappa shape index (κ2) is 8.62. The fraction of sp³-hybridized carbons (Fsp3) is 0.464. The topological polar surface area (TPSA) is 65.0 Å². The number of carbonyl (C=O) groups excluding carboxylic acids is 1. The molecule has 2 saturated carbocycles. The van der Waals surface area contributed by atoms with Gasteiger partial charge in [-0.1, -0.05) is 30.7 Å². The normalized spacial score (nSPS) is 32.7. The molecule has 174 valence electrons. The Balaban J connectivity index is 1.52. The molecule has 2 aliphatic carbocycles. The van der Waals surface area contributed by atoms with E-state index in [1.54, 1.807) is 14.2 Å². The van der Waals surface area contributed by atoms with Crippen molar-refractivity contribution in [2.45, 2.75) is 56.8 Å².